The van der Waals surface area contributed by atoms with Gasteiger partial charge in [-0.25, -0.2) is 0 Å². The number of amides is 1. The highest BCUT2D eigenvalue weighted by molar-refractivity contribution is 5.89. The van der Waals surface area contributed by atoms with Crippen LogP contribution >= 0.6 is 0 Å². The monoisotopic (exact) mass is 514 g/mol. The van der Waals surface area contributed by atoms with Gasteiger partial charge in [0.15, 0.2) is 0 Å². The molecular weight excluding hydrogens is 484 g/mol. The van der Waals surface area contributed by atoms with Crippen molar-refractivity contribution in [3.8, 4) is 11.5 Å². The third-order valence-corrected chi connectivity index (χ3v) is 6.13. The Balaban J connectivity index is 1.37. The zero-order valence-corrected chi connectivity index (χ0v) is 21.8. The molecule has 5 aromatic carbocycles. The zero-order chi connectivity index (χ0) is 26.9. The van der Waals surface area contributed by atoms with Gasteiger partial charge in [0, 0.05) is 29.7 Å². The first kappa shape index (κ1) is 25.6. The summed E-state index contributed by atoms with van der Waals surface area (Å²) in [4.78, 5) is 13.6. The predicted octanol–water partition coefficient (Wildman–Crippen LogP) is 8.27. The van der Waals surface area contributed by atoms with Gasteiger partial charge in [-0.05, 0) is 83.9 Å². The molecule has 0 aliphatic rings. The van der Waals surface area contributed by atoms with Crippen LogP contribution in [0, 0.1) is 0 Å². The zero-order valence-electron chi connectivity index (χ0n) is 21.8. The highest BCUT2D eigenvalue weighted by atomic mass is 16.5. The second-order valence-corrected chi connectivity index (χ2v) is 9.10. The molecule has 1 N–H and O–H groups in total. The van der Waals surface area contributed by atoms with Gasteiger partial charge in [-0.1, -0.05) is 60.7 Å². The summed E-state index contributed by atoms with van der Waals surface area (Å²) in [6.07, 6.45) is 0. The Labute approximate surface area is 229 Å². The number of rotatable bonds is 10. The first-order valence-corrected chi connectivity index (χ1v) is 12.9. The number of carbonyl (C=O) groups excluding carboxylic acids is 1. The molecule has 5 rings (SSSR count). The second-order valence-electron chi connectivity index (χ2n) is 9.10. The van der Waals surface area contributed by atoms with E-state index < -0.39 is 0 Å². The molecule has 1 amide bonds. The van der Waals surface area contributed by atoms with Gasteiger partial charge in [-0.15, -0.1) is 0 Å². The second kappa shape index (κ2) is 12.5. The number of hydrogen-bond acceptors (Lipinski definition) is 4. The van der Waals surface area contributed by atoms with Crippen molar-refractivity contribution in [3.63, 3.8) is 0 Å². The summed E-state index contributed by atoms with van der Waals surface area (Å²) in [5.41, 5.74) is 5.91. The van der Waals surface area contributed by atoms with Crippen LogP contribution in [0.2, 0.25) is 0 Å². The number of anilines is 4. The van der Waals surface area contributed by atoms with Crippen molar-refractivity contribution >= 4 is 28.7 Å². The summed E-state index contributed by atoms with van der Waals surface area (Å²) < 4.78 is 12.0. The van der Waals surface area contributed by atoms with Gasteiger partial charge in [0.05, 0.1) is 0 Å². The standard InChI is InChI=1S/C34H30N2O3/c1-26(37)35-29-12-14-30(15-13-29)36(31-16-20-33(21-17-31)38-24-27-8-4-2-5-9-27)32-18-22-34(23-19-32)39-25-28-10-6-3-7-11-28/h2-23H,24-25H2,1H3,(H,35,37). The number of nitrogens with one attached hydrogen (secondary N) is 1. The van der Waals surface area contributed by atoms with Gasteiger partial charge >= 0.3 is 0 Å². The minimum atomic E-state index is -0.100. The van der Waals surface area contributed by atoms with Crippen LogP contribution in [0.3, 0.4) is 0 Å². The van der Waals surface area contributed by atoms with E-state index in [1.54, 1.807) is 0 Å². The van der Waals surface area contributed by atoms with Crippen LogP contribution in [-0.2, 0) is 18.0 Å². The Hall–Kier alpha value is -5.03. The Morgan fingerprint density at radius 3 is 1.33 bits per heavy atom. The fraction of sp³-hybridized carbons (Fsp3) is 0.0882. The van der Waals surface area contributed by atoms with Crippen molar-refractivity contribution in [2.75, 3.05) is 10.2 Å². The van der Waals surface area contributed by atoms with Crippen LogP contribution in [0.4, 0.5) is 22.7 Å². The number of hydrogen-bond donors (Lipinski definition) is 1. The van der Waals surface area contributed by atoms with Crippen molar-refractivity contribution in [2.45, 2.75) is 20.1 Å². The van der Waals surface area contributed by atoms with Crippen molar-refractivity contribution in [3.05, 3.63) is 145 Å². The normalized spacial score (nSPS) is 10.5. The molecule has 5 aromatic rings. The van der Waals surface area contributed by atoms with Gasteiger partial charge in [0.25, 0.3) is 0 Å². The number of ether oxygens (including phenoxy) is 2. The molecule has 5 heteroatoms. The topological polar surface area (TPSA) is 50.8 Å². The van der Waals surface area contributed by atoms with Crippen molar-refractivity contribution in [1.82, 2.24) is 0 Å². The maximum Gasteiger partial charge on any atom is 0.221 e. The Morgan fingerprint density at radius 2 is 0.949 bits per heavy atom. The Bertz CT molecular complexity index is 1380. The van der Waals surface area contributed by atoms with Gasteiger partial charge in [-0.2, -0.15) is 0 Å². The molecule has 0 aliphatic heterocycles. The van der Waals surface area contributed by atoms with E-state index in [-0.39, 0.29) is 5.91 Å². The molecule has 39 heavy (non-hydrogen) atoms. The first-order valence-electron chi connectivity index (χ1n) is 12.9. The van der Waals surface area contributed by atoms with Gasteiger partial charge in [0.1, 0.15) is 24.7 Å². The summed E-state index contributed by atoms with van der Waals surface area (Å²) in [7, 11) is 0. The number of benzene rings is 5. The molecular formula is C34H30N2O3. The van der Waals surface area contributed by atoms with Crippen LogP contribution < -0.4 is 19.7 Å². The fourth-order valence-corrected chi connectivity index (χ4v) is 4.21. The van der Waals surface area contributed by atoms with E-state index in [0.717, 1.165) is 45.4 Å². The smallest absolute Gasteiger partial charge is 0.221 e. The maximum absolute atomic E-state index is 11.5. The van der Waals surface area contributed by atoms with Crippen LogP contribution in [0.25, 0.3) is 0 Å². The minimum absolute atomic E-state index is 0.100. The lowest BCUT2D eigenvalue weighted by molar-refractivity contribution is -0.114. The van der Waals surface area contributed by atoms with Crippen molar-refractivity contribution in [2.24, 2.45) is 0 Å². The summed E-state index contributed by atoms with van der Waals surface area (Å²) in [5, 5.41) is 2.83. The van der Waals surface area contributed by atoms with E-state index in [0.29, 0.717) is 13.2 Å². The lowest BCUT2D eigenvalue weighted by Crippen LogP contribution is -2.11. The molecule has 0 saturated heterocycles. The van der Waals surface area contributed by atoms with Crippen LogP contribution in [-0.4, -0.2) is 5.91 Å². The molecule has 0 bridgehead atoms. The van der Waals surface area contributed by atoms with E-state index in [1.165, 1.54) is 6.92 Å². The Kier molecular flexibility index (Phi) is 8.19. The highest BCUT2D eigenvalue weighted by Crippen LogP contribution is 2.36. The average molecular weight is 515 g/mol. The fourth-order valence-electron chi connectivity index (χ4n) is 4.21. The summed E-state index contributed by atoms with van der Waals surface area (Å²) in [6.45, 7) is 2.53. The average Bonchev–Trinajstić information content (AvgIpc) is 2.98. The molecule has 5 nitrogen and oxygen atoms in total. The van der Waals surface area contributed by atoms with E-state index >= 15 is 0 Å². The number of nitrogens with zero attached hydrogens (tertiary/aromatic N) is 1. The summed E-state index contributed by atoms with van der Waals surface area (Å²) in [5.74, 6) is 1.50. The molecule has 0 saturated carbocycles. The molecule has 0 radical (unpaired) electrons. The van der Waals surface area contributed by atoms with E-state index in [9.17, 15) is 4.79 Å². The summed E-state index contributed by atoms with van der Waals surface area (Å²) >= 11 is 0. The third kappa shape index (κ3) is 7.05. The minimum Gasteiger partial charge on any atom is -0.489 e. The van der Waals surface area contributed by atoms with E-state index in [2.05, 4.69) is 10.2 Å². The third-order valence-electron chi connectivity index (χ3n) is 6.13. The molecule has 194 valence electrons. The lowest BCUT2D eigenvalue weighted by atomic mass is 10.1. The molecule has 0 spiro atoms. The Morgan fingerprint density at radius 1 is 0.564 bits per heavy atom. The van der Waals surface area contributed by atoms with Gasteiger partial charge in [-0.3, -0.25) is 4.79 Å². The molecule has 0 fully saturated rings. The molecule has 0 aromatic heterocycles. The molecule has 0 unspecified atom stereocenters. The maximum atomic E-state index is 11.5. The number of carbonyl (C=O) groups is 1. The van der Waals surface area contributed by atoms with Crippen LogP contribution in [0.5, 0.6) is 11.5 Å². The SMILES string of the molecule is CC(=O)Nc1ccc(N(c2ccc(OCc3ccccc3)cc2)c2ccc(OCc3ccccc3)cc2)cc1. The lowest BCUT2D eigenvalue weighted by Gasteiger charge is -2.26. The molecule has 0 atom stereocenters. The molecule has 0 aliphatic carbocycles. The van der Waals surface area contributed by atoms with E-state index in [1.807, 2.05) is 133 Å². The summed E-state index contributed by atoms with van der Waals surface area (Å²) in [6, 6.07) is 44.1. The largest absolute Gasteiger partial charge is 0.489 e. The van der Waals surface area contributed by atoms with Crippen LogP contribution in [0.1, 0.15) is 18.1 Å². The van der Waals surface area contributed by atoms with E-state index in [4.69, 9.17) is 9.47 Å². The molecule has 0 heterocycles. The van der Waals surface area contributed by atoms with Crippen molar-refractivity contribution < 1.29 is 14.3 Å². The van der Waals surface area contributed by atoms with Crippen molar-refractivity contribution in [1.29, 1.82) is 0 Å². The quantitative estimate of drug-likeness (QED) is 0.204. The van der Waals surface area contributed by atoms with Gasteiger partial charge in [0.2, 0.25) is 5.91 Å². The predicted molar refractivity (Wildman–Crippen MR) is 157 cm³/mol. The van der Waals surface area contributed by atoms with Crippen LogP contribution in [0.15, 0.2) is 133 Å². The van der Waals surface area contributed by atoms with Gasteiger partial charge < -0.3 is 19.7 Å². The first-order chi connectivity index (χ1) is 19.1. The highest BCUT2D eigenvalue weighted by Gasteiger charge is 2.13.